The minimum absolute atomic E-state index is 0.136. The molecule has 30 heavy (non-hydrogen) atoms. The van der Waals surface area contributed by atoms with Gasteiger partial charge in [0, 0.05) is 22.5 Å². The standard InChI is InChI=1S/C26H20N2O2/c1-17-9-7-16-23(28(29)30)24(17)20-13-8-15-22-26(20)25-18(2)10-6-14-21(25)27(22)19-11-4-3-5-12-19/h3-16H,1-2H3. The molecule has 5 aromatic rings. The lowest BCUT2D eigenvalue weighted by atomic mass is 9.93. The van der Waals surface area contributed by atoms with E-state index in [1.807, 2.05) is 43.3 Å². The van der Waals surface area contributed by atoms with Gasteiger partial charge < -0.3 is 4.57 Å². The summed E-state index contributed by atoms with van der Waals surface area (Å²) in [5.41, 5.74) is 6.97. The van der Waals surface area contributed by atoms with E-state index in [9.17, 15) is 10.1 Å². The summed E-state index contributed by atoms with van der Waals surface area (Å²) in [5.74, 6) is 0. The van der Waals surface area contributed by atoms with E-state index in [0.29, 0.717) is 5.56 Å². The molecule has 0 bridgehead atoms. The third-order valence-electron chi connectivity index (χ3n) is 5.76. The second-order valence-corrected chi connectivity index (χ2v) is 7.57. The molecule has 0 atom stereocenters. The molecule has 0 aliphatic carbocycles. The van der Waals surface area contributed by atoms with Gasteiger partial charge in [-0.05, 0) is 54.8 Å². The Balaban J connectivity index is 2.01. The number of nitrogens with zero attached hydrogens (tertiary/aromatic N) is 2. The lowest BCUT2D eigenvalue weighted by molar-refractivity contribution is -0.384. The molecule has 1 aromatic heterocycles. The van der Waals surface area contributed by atoms with E-state index in [2.05, 4.69) is 47.9 Å². The van der Waals surface area contributed by atoms with Gasteiger partial charge >= 0.3 is 0 Å². The van der Waals surface area contributed by atoms with E-state index in [1.165, 1.54) is 0 Å². The van der Waals surface area contributed by atoms with Crippen LogP contribution >= 0.6 is 0 Å². The number of aromatic nitrogens is 1. The van der Waals surface area contributed by atoms with Gasteiger partial charge in [-0.2, -0.15) is 0 Å². The van der Waals surface area contributed by atoms with Crippen molar-refractivity contribution in [2.45, 2.75) is 13.8 Å². The zero-order chi connectivity index (χ0) is 20.8. The lowest BCUT2D eigenvalue weighted by Gasteiger charge is -2.10. The molecule has 5 rings (SSSR count). The summed E-state index contributed by atoms with van der Waals surface area (Å²) >= 11 is 0. The molecule has 0 spiro atoms. The Labute approximate surface area is 174 Å². The van der Waals surface area contributed by atoms with Crippen molar-refractivity contribution in [3.8, 4) is 16.8 Å². The highest BCUT2D eigenvalue weighted by atomic mass is 16.6. The number of nitro benzene ring substituents is 1. The maximum atomic E-state index is 11.8. The number of rotatable bonds is 3. The molecule has 0 amide bonds. The predicted molar refractivity (Wildman–Crippen MR) is 122 cm³/mol. The number of aryl methyl sites for hydroxylation is 2. The smallest absolute Gasteiger partial charge is 0.277 e. The first-order chi connectivity index (χ1) is 14.6. The van der Waals surface area contributed by atoms with Gasteiger partial charge in [0.1, 0.15) is 0 Å². The van der Waals surface area contributed by atoms with Crippen LogP contribution in [0.5, 0.6) is 0 Å². The van der Waals surface area contributed by atoms with Gasteiger partial charge in [0.05, 0.1) is 21.5 Å². The summed E-state index contributed by atoms with van der Waals surface area (Å²) in [7, 11) is 0. The first-order valence-electron chi connectivity index (χ1n) is 9.90. The first kappa shape index (κ1) is 18.1. The largest absolute Gasteiger partial charge is 0.309 e. The zero-order valence-electron chi connectivity index (χ0n) is 16.8. The third kappa shape index (κ3) is 2.61. The Bertz CT molecular complexity index is 1430. The highest BCUT2D eigenvalue weighted by Gasteiger charge is 2.23. The summed E-state index contributed by atoms with van der Waals surface area (Å²) < 4.78 is 2.24. The van der Waals surface area contributed by atoms with Crippen LogP contribution in [0.25, 0.3) is 38.6 Å². The molecule has 0 fully saturated rings. The maximum absolute atomic E-state index is 11.8. The monoisotopic (exact) mass is 392 g/mol. The second kappa shape index (κ2) is 6.85. The number of nitro groups is 1. The van der Waals surface area contributed by atoms with Gasteiger partial charge in [0.2, 0.25) is 0 Å². The van der Waals surface area contributed by atoms with Crippen LogP contribution in [0.2, 0.25) is 0 Å². The minimum Gasteiger partial charge on any atom is -0.309 e. The molecular weight excluding hydrogens is 372 g/mol. The summed E-state index contributed by atoms with van der Waals surface area (Å²) in [6.45, 7) is 4.03. The van der Waals surface area contributed by atoms with E-state index < -0.39 is 0 Å². The number of para-hydroxylation sites is 1. The molecular formula is C26H20N2O2. The van der Waals surface area contributed by atoms with Crippen molar-refractivity contribution in [2.75, 3.05) is 0 Å². The van der Waals surface area contributed by atoms with Crippen LogP contribution in [0.4, 0.5) is 5.69 Å². The molecule has 0 radical (unpaired) electrons. The van der Waals surface area contributed by atoms with Gasteiger partial charge in [-0.1, -0.05) is 54.6 Å². The van der Waals surface area contributed by atoms with Gasteiger partial charge in [0.15, 0.2) is 0 Å². The zero-order valence-corrected chi connectivity index (χ0v) is 16.8. The molecule has 1 heterocycles. The van der Waals surface area contributed by atoms with Crippen LogP contribution in [0.3, 0.4) is 0 Å². The van der Waals surface area contributed by atoms with Crippen molar-refractivity contribution < 1.29 is 4.92 Å². The molecule has 0 unspecified atom stereocenters. The van der Waals surface area contributed by atoms with Crippen molar-refractivity contribution in [3.63, 3.8) is 0 Å². The van der Waals surface area contributed by atoms with E-state index >= 15 is 0 Å². The number of fused-ring (bicyclic) bond motifs is 3. The van der Waals surface area contributed by atoms with Gasteiger partial charge in [-0.3, -0.25) is 10.1 Å². The van der Waals surface area contributed by atoms with Crippen LogP contribution in [-0.4, -0.2) is 9.49 Å². The quantitative estimate of drug-likeness (QED) is 0.246. The van der Waals surface area contributed by atoms with Crippen LogP contribution < -0.4 is 0 Å². The summed E-state index contributed by atoms with van der Waals surface area (Å²) in [5, 5.41) is 14.0. The molecule has 4 aromatic carbocycles. The highest BCUT2D eigenvalue weighted by Crippen LogP contribution is 2.43. The van der Waals surface area contributed by atoms with E-state index in [4.69, 9.17) is 0 Å². The van der Waals surface area contributed by atoms with E-state index in [0.717, 1.165) is 44.2 Å². The molecule has 0 saturated carbocycles. The molecule has 0 saturated heterocycles. The number of benzene rings is 4. The van der Waals surface area contributed by atoms with Gasteiger partial charge in [0.25, 0.3) is 5.69 Å². The minimum atomic E-state index is -0.287. The molecule has 146 valence electrons. The van der Waals surface area contributed by atoms with Crippen molar-refractivity contribution in [1.82, 2.24) is 4.57 Å². The fourth-order valence-corrected chi connectivity index (χ4v) is 4.50. The van der Waals surface area contributed by atoms with Crippen LogP contribution in [0, 0.1) is 24.0 Å². The van der Waals surface area contributed by atoms with Crippen LogP contribution in [-0.2, 0) is 0 Å². The Kier molecular flexibility index (Phi) is 4.14. The Morgan fingerprint density at radius 3 is 2.07 bits per heavy atom. The SMILES string of the molecule is Cc1cccc([N+](=O)[O-])c1-c1cccc2c1c1c(C)cccc1n2-c1ccccc1. The fourth-order valence-electron chi connectivity index (χ4n) is 4.50. The lowest BCUT2D eigenvalue weighted by Crippen LogP contribution is -1.95. The van der Waals surface area contributed by atoms with E-state index in [1.54, 1.807) is 12.1 Å². The van der Waals surface area contributed by atoms with Gasteiger partial charge in [-0.15, -0.1) is 0 Å². The molecule has 0 aliphatic heterocycles. The summed E-state index contributed by atoms with van der Waals surface area (Å²) in [6, 6.07) is 27.9. The average Bonchev–Trinajstić information content (AvgIpc) is 3.10. The van der Waals surface area contributed by atoms with Crippen molar-refractivity contribution >= 4 is 27.5 Å². The van der Waals surface area contributed by atoms with E-state index in [-0.39, 0.29) is 10.6 Å². The predicted octanol–water partition coefficient (Wildman–Crippen LogP) is 6.98. The second-order valence-electron chi connectivity index (χ2n) is 7.57. The van der Waals surface area contributed by atoms with Crippen molar-refractivity contribution in [3.05, 3.63) is 106 Å². The maximum Gasteiger partial charge on any atom is 0.277 e. The first-order valence-corrected chi connectivity index (χ1v) is 9.90. The summed E-state index contributed by atoms with van der Waals surface area (Å²) in [4.78, 5) is 11.6. The Morgan fingerprint density at radius 1 is 0.700 bits per heavy atom. The topological polar surface area (TPSA) is 48.1 Å². The van der Waals surface area contributed by atoms with Crippen LogP contribution in [0.15, 0.2) is 84.9 Å². The normalized spacial score (nSPS) is 11.3. The molecule has 0 aliphatic rings. The fraction of sp³-hybridized carbons (Fsp3) is 0.0769. The van der Waals surface area contributed by atoms with Crippen molar-refractivity contribution in [1.29, 1.82) is 0 Å². The molecule has 0 N–H and O–H groups in total. The Hall–Kier alpha value is -3.92. The summed E-state index contributed by atoms with van der Waals surface area (Å²) in [6.07, 6.45) is 0. The Morgan fingerprint density at radius 2 is 1.33 bits per heavy atom. The average molecular weight is 392 g/mol. The van der Waals surface area contributed by atoms with Gasteiger partial charge in [-0.25, -0.2) is 0 Å². The highest BCUT2D eigenvalue weighted by molar-refractivity contribution is 6.17. The van der Waals surface area contributed by atoms with Crippen LogP contribution in [0.1, 0.15) is 11.1 Å². The van der Waals surface area contributed by atoms with Crippen molar-refractivity contribution in [2.24, 2.45) is 0 Å². The number of hydrogen-bond donors (Lipinski definition) is 0. The molecule has 4 nitrogen and oxygen atoms in total. The number of hydrogen-bond acceptors (Lipinski definition) is 2. The molecule has 4 heteroatoms. The third-order valence-corrected chi connectivity index (χ3v) is 5.76.